The van der Waals surface area contributed by atoms with Crippen molar-refractivity contribution in [3.63, 3.8) is 0 Å². The van der Waals surface area contributed by atoms with Crippen LogP contribution in [0.25, 0.3) is 11.5 Å². The lowest BCUT2D eigenvalue weighted by Gasteiger charge is -2.04. The van der Waals surface area contributed by atoms with Gasteiger partial charge in [0.1, 0.15) is 5.69 Å². The molecule has 0 aliphatic carbocycles. The normalized spacial score (nSPS) is 13.5. The van der Waals surface area contributed by atoms with Gasteiger partial charge in [-0.1, -0.05) is 12.1 Å². The topological polar surface area (TPSA) is 61.2 Å². The Bertz CT molecular complexity index is 1300. The minimum absolute atomic E-state index is 0.247. The molecule has 0 saturated heterocycles. The molecular formula is C23H19N3O3S. The first-order chi connectivity index (χ1) is 14.7. The Hall–Kier alpha value is -3.58. The Morgan fingerprint density at radius 2 is 1.93 bits per heavy atom. The standard InChI is InChI=1S/C23H19N3O3S/c1-15-5-3-6-18(16(15)2)25-23-26(19(13-30-23)20-7-4-10-27-20)24-12-17-8-9-21-22(11-17)29-14-28-21/h3-13H,14H2,1-2H3. The summed E-state index contributed by atoms with van der Waals surface area (Å²) in [6.07, 6.45) is 3.43. The third kappa shape index (κ3) is 3.44. The summed E-state index contributed by atoms with van der Waals surface area (Å²) in [5.74, 6) is 2.20. The molecule has 0 fully saturated rings. The second-order valence-corrected chi connectivity index (χ2v) is 7.72. The van der Waals surface area contributed by atoms with Crippen LogP contribution in [0.5, 0.6) is 11.5 Å². The van der Waals surface area contributed by atoms with Gasteiger partial charge in [-0.15, -0.1) is 11.3 Å². The van der Waals surface area contributed by atoms with Gasteiger partial charge in [0, 0.05) is 5.38 Å². The lowest BCUT2D eigenvalue weighted by Crippen LogP contribution is -2.11. The van der Waals surface area contributed by atoms with Gasteiger partial charge in [-0.25, -0.2) is 9.67 Å². The van der Waals surface area contributed by atoms with Gasteiger partial charge < -0.3 is 13.9 Å². The quantitative estimate of drug-likeness (QED) is 0.425. The number of thiazole rings is 1. The van der Waals surface area contributed by atoms with Gasteiger partial charge >= 0.3 is 0 Å². The van der Waals surface area contributed by atoms with E-state index in [0.717, 1.165) is 44.6 Å². The predicted octanol–water partition coefficient (Wildman–Crippen LogP) is 5.27. The van der Waals surface area contributed by atoms with E-state index in [0.29, 0.717) is 0 Å². The van der Waals surface area contributed by atoms with Gasteiger partial charge in [0.2, 0.25) is 11.6 Å². The number of ether oxygens (including phenoxy) is 2. The first kappa shape index (κ1) is 18.4. The van der Waals surface area contributed by atoms with Gasteiger partial charge in [-0.2, -0.15) is 5.10 Å². The average molecular weight is 417 g/mol. The molecule has 0 amide bonds. The van der Waals surface area contributed by atoms with E-state index in [2.05, 4.69) is 19.9 Å². The molecule has 0 unspecified atom stereocenters. The van der Waals surface area contributed by atoms with Crippen LogP contribution < -0.4 is 14.3 Å². The van der Waals surface area contributed by atoms with E-state index < -0.39 is 0 Å². The number of benzene rings is 2. The van der Waals surface area contributed by atoms with Crippen molar-refractivity contribution in [1.29, 1.82) is 0 Å². The van der Waals surface area contributed by atoms with Crippen LogP contribution in [0, 0.1) is 13.8 Å². The summed E-state index contributed by atoms with van der Waals surface area (Å²) in [4.78, 5) is 5.64. The molecule has 1 aliphatic rings. The monoisotopic (exact) mass is 417 g/mol. The van der Waals surface area contributed by atoms with Crippen molar-refractivity contribution >= 4 is 23.2 Å². The Labute approximate surface area is 177 Å². The van der Waals surface area contributed by atoms with E-state index in [1.165, 1.54) is 16.9 Å². The van der Waals surface area contributed by atoms with Crippen molar-refractivity contribution in [3.05, 3.63) is 81.7 Å². The maximum absolute atomic E-state index is 5.61. The van der Waals surface area contributed by atoms with Gasteiger partial charge in [0.25, 0.3) is 0 Å². The zero-order chi connectivity index (χ0) is 20.5. The molecule has 7 heteroatoms. The fourth-order valence-corrected chi connectivity index (χ4v) is 3.99. The summed E-state index contributed by atoms with van der Waals surface area (Å²) in [7, 11) is 0. The minimum atomic E-state index is 0.247. The molecule has 0 saturated carbocycles. The number of nitrogens with zero attached hydrogens (tertiary/aromatic N) is 3. The van der Waals surface area contributed by atoms with Crippen molar-refractivity contribution < 1.29 is 13.9 Å². The summed E-state index contributed by atoms with van der Waals surface area (Å²) in [5, 5.41) is 6.72. The fraction of sp³-hybridized carbons (Fsp3) is 0.130. The largest absolute Gasteiger partial charge is 0.463 e. The molecule has 5 rings (SSSR count). The number of furan rings is 1. The van der Waals surface area contributed by atoms with Crippen LogP contribution in [-0.2, 0) is 0 Å². The number of hydrogen-bond acceptors (Lipinski definition) is 6. The lowest BCUT2D eigenvalue weighted by molar-refractivity contribution is 0.174. The van der Waals surface area contributed by atoms with Crippen LogP contribution in [0.15, 0.2) is 74.7 Å². The van der Waals surface area contributed by atoms with Crippen molar-refractivity contribution in [3.8, 4) is 23.0 Å². The Morgan fingerprint density at radius 1 is 1.03 bits per heavy atom. The second kappa shape index (κ2) is 7.68. The van der Waals surface area contributed by atoms with E-state index in [1.807, 2.05) is 47.8 Å². The Kier molecular flexibility index (Phi) is 4.72. The molecule has 2 aromatic carbocycles. The van der Waals surface area contributed by atoms with Gasteiger partial charge in [-0.05, 0) is 66.9 Å². The molecule has 2 aromatic heterocycles. The van der Waals surface area contributed by atoms with E-state index in [1.54, 1.807) is 17.2 Å². The van der Waals surface area contributed by atoms with Crippen LogP contribution >= 0.6 is 11.3 Å². The van der Waals surface area contributed by atoms with Crippen molar-refractivity contribution in [2.75, 3.05) is 6.79 Å². The molecule has 1 aliphatic heterocycles. The SMILES string of the molecule is Cc1cccc(N=c2scc(-c3ccco3)n2N=Cc2ccc3c(c2)OCO3)c1C. The second-order valence-electron chi connectivity index (χ2n) is 6.88. The number of fused-ring (bicyclic) bond motifs is 1. The van der Waals surface area contributed by atoms with E-state index in [9.17, 15) is 0 Å². The first-order valence-corrected chi connectivity index (χ1v) is 10.4. The van der Waals surface area contributed by atoms with Crippen LogP contribution in [0.3, 0.4) is 0 Å². The predicted molar refractivity (Wildman–Crippen MR) is 117 cm³/mol. The van der Waals surface area contributed by atoms with Gasteiger partial charge in [0.15, 0.2) is 17.3 Å². The van der Waals surface area contributed by atoms with Crippen molar-refractivity contribution in [1.82, 2.24) is 4.68 Å². The average Bonchev–Trinajstić information content (AvgIpc) is 3.50. The zero-order valence-electron chi connectivity index (χ0n) is 16.5. The smallest absolute Gasteiger partial charge is 0.231 e. The first-order valence-electron chi connectivity index (χ1n) is 9.48. The summed E-state index contributed by atoms with van der Waals surface area (Å²) in [6.45, 7) is 4.41. The van der Waals surface area contributed by atoms with Crippen LogP contribution in [0.4, 0.5) is 5.69 Å². The highest BCUT2D eigenvalue weighted by atomic mass is 32.1. The van der Waals surface area contributed by atoms with Crippen molar-refractivity contribution in [2.24, 2.45) is 10.1 Å². The zero-order valence-corrected chi connectivity index (χ0v) is 17.3. The summed E-state index contributed by atoms with van der Waals surface area (Å²) in [6, 6.07) is 15.6. The summed E-state index contributed by atoms with van der Waals surface area (Å²) < 4.78 is 18.3. The van der Waals surface area contributed by atoms with Crippen LogP contribution in [0.1, 0.15) is 16.7 Å². The van der Waals surface area contributed by atoms with Crippen LogP contribution in [0.2, 0.25) is 0 Å². The summed E-state index contributed by atoms with van der Waals surface area (Å²) in [5.41, 5.74) is 5.02. The molecule has 0 bridgehead atoms. The maximum atomic E-state index is 5.61. The molecule has 30 heavy (non-hydrogen) atoms. The number of rotatable bonds is 4. The molecule has 0 radical (unpaired) electrons. The molecule has 0 atom stereocenters. The minimum Gasteiger partial charge on any atom is -0.463 e. The molecular weight excluding hydrogens is 398 g/mol. The van der Waals surface area contributed by atoms with E-state index >= 15 is 0 Å². The highest BCUT2D eigenvalue weighted by molar-refractivity contribution is 7.07. The number of hydrogen-bond donors (Lipinski definition) is 0. The third-order valence-corrected chi connectivity index (χ3v) is 5.79. The lowest BCUT2D eigenvalue weighted by atomic mass is 10.1. The Balaban J connectivity index is 1.61. The highest BCUT2D eigenvalue weighted by Crippen LogP contribution is 2.32. The van der Waals surface area contributed by atoms with Gasteiger partial charge in [0.05, 0.1) is 18.2 Å². The van der Waals surface area contributed by atoms with Crippen molar-refractivity contribution in [2.45, 2.75) is 13.8 Å². The van der Waals surface area contributed by atoms with E-state index in [-0.39, 0.29) is 6.79 Å². The molecule has 6 nitrogen and oxygen atoms in total. The maximum Gasteiger partial charge on any atom is 0.231 e. The molecule has 150 valence electrons. The highest BCUT2D eigenvalue weighted by Gasteiger charge is 2.13. The fourth-order valence-electron chi connectivity index (χ4n) is 3.16. The Morgan fingerprint density at radius 3 is 2.80 bits per heavy atom. The van der Waals surface area contributed by atoms with E-state index in [4.69, 9.17) is 24.0 Å². The number of aryl methyl sites for hydroxylation is 1. The third-order valence-electron chi connectivity index (χ3n) is 4.97. The molecule has 0 spiro atoms. The molecule has 0 N–H and O–H groups in total. The number of aromatic nitrogens is 1. The van der Waals surface area contributed by atoms with Gasteiger partial charge in [-0.3, -0.25) is 0 Å². The summed E-state index contributed by atoms with van der Waals surface area (Å²) >= 11 is 1.52. The molecule has 4 aromatic rings. The molecule has 3 heterocycles. The van der Waals surface area contributed by atoms with Crippen LogP contribution in [-0.4, -0.2) is 17.7 Å².